The van der Waals surface area contributed by atoms with Crippen molar-refractivity contribution in [1.82, 2.24) is 5.43 Å². The van der Waals surface area contributed by atoms with Gasteiger partial charge in [-0.25, -0.2) is 5.43 Å². The van der Waals surface area contributed by atoms with Gasteiger partial charge in [0, 0.05) is 18.1 Å². The molecule has 0 aliphatic carbocycles. The number of hydrogen-bond donors (Lipinski definition) is 1. The average molecular weight is 210 g/mol. The van der Waals surface area contributed by atoms with E-state index >= 15 is 0 Å². The highest BCUT2D eigenvalue weighted by atomic mass is 16.2. The van der Waals surface area contributed by atoms with Crippen LogP contribution in [0, 0.1) is 11.8 Å². The lowest BCUT2D eigenvalue weighted by atomic mass is 9.90. The smallest absolute Gasteiger partial charge is 0.240 e. The molecule has 0 aromatic heterocycles. The third-order valence-corrected chi connectivity index (χ3v) is 2.99. The van der Waals surface area contributed by atoms with Crippen LogP contribution in [0.15, 0.2) is 5.10 Å². The van der Waals surface area contributed by atoms with Crippen molar-refractivity contribution >= 4 is 11.6 Å². The topological polar surface area (TPSA) is 41.5 Å². The Morgan fingerprint density at radius 3 is 2.93 bits per heavy atom. The molecule has 0 saturated heterocycles. The minimum absolute atomic E-state index is 0.0486. The number of hydrazone groups is 1. The molecule has 1 heterocycles. The lowest BCUT2D eigenvalue weighted by Gasteiger charge is -2.21. The number of unbranched alkanes of at least 4 members (excludes halogenated alkanes) is 1. The van der Waals surface area contributed by atoms with E-state index in [-0.39, 0.29) is 5.91 Å². The third-order valence-electron chi connectivity index (χ3n) is 2.99. The molecule has 0 aromatic carbocycles. The number of carbonyl (C=O) groups is 1. The second kappa shape index (κ2) is 5.89. The first-order chi connectivity index (χ1) is 7.13. The maximum Gasteiger partial charge on any atom is 0.240 e. The summed E-state index contributed by atoms with van der Waals surface area (Å²) in [5.41, 5.74) is 3.74. The van der Waals surface area contributed by atoms with E-state index in [1.807, 2.05) is 0 Å². The molecule has 1 rings (SSSR count). The molecule has 3 nitrogen and oxygen atoms in total. The van der Waals surface area contributed by atoms with Gasteiger partial charge in [0.25, 0.3) is 0 Å². The number of rotatable bonds is 5. The first kappa shape index (κ1) is 12.2. The Balaban J connectivity index is 2.40. The number of carbonyl (C=O) groups excluding carboxylic acids is 1. The van der Waals surface area contributed by atoms with E-state index in [4.69, 9.17) is 0 Å². The third kappa shape index (κ3) is 4.02. The van der Waals surface area contributed by atoms with E-state index in [1.165, 1.54) is 25.0 Å². The number of nitrogens with one attached hydrogen (secondary N) is 1. The van der Waals surface area contributed by atoms with Crippen molar-refractivity contribution in [1.29, 1.82) is 0 Å². The van der Waals surface area contributed by atoms with E-state index in [1.54, 1.807) is 0 Å². The molecule has 0 fully saturated rings. The van der Waals surface area contributed by atoms with Crippen LogP contribution in [0.25, 0.3) is 0 Å². The van der Waals surface area contributed by atoms with E-state index in [0.29, 0.717) is 18.3 Å². The molecule has 86 valence electrons. The van der Waals surface area contributed by atoms with E-state index in [0.717, 1.165) is 6.42 Å². The molecule has 1 aliphatic rings. The first-order valence-corrected chi connectivity index (χ1v) is 5.98. The van der Waals surface area contributed by atoms with Crippen LogP contribution in [-0.2, 0) is 4.79 Å². The van der Waals surface area contributed by atoms with Crippen LogP contribution < -0.4 is 5.43 Å². The molecule has 2 atom stereocenters. The van der Waals surface area contributed by atoms with Crippen molar-refractivity contribution in [2.24, 2.45) is 16.9 Å². The molecule has 1 aliphatic heterocycles. The van der Waals surface area contributed by atoms with Gasteiger partial charge in [-0.2, -0.15) is 5.10 Å². The second-order valence-corrected chi connectivity index (χ2v) is 4.69. The molecule has 0 bridgehead atoms. The Hall–Kier alpha value is -0.860. The van der Waals surface area contributed by atoms with Crippen LogP contribution in [0.2, 0.25) is 0 Å². The summed E-state index contributed by atoms with van der Waals surface area (Å²) in [5.74, 6) is 1.05. The molecule has 0 saturated carbocycles. The maximum atomic E-state index is 11.1. The van der Waals surface area contributed by atoms with Gasteiger partial charge in [-0.05, 0) is 12.3 Å². The molecular formula is C12H22N2O. The van der Waals surface area contributed by atoms with Crippen LogP contribution in [0.1, 0.15) is 52.9 Å². The highest BCUT2D eigenvalue weighted by molar-refractivity contribution is 5.94. The molecule has 0 aromatic rings. The number of hydrogen-bond acceptors (Lipinski definition) is 2. The zero-order valence-electron chi connectivity index (χ0n) is 10.0. The molecular weight excluding hydrogens is 188 g/mol. The van der Waals surface area contributed by atoms with Crippen LogP contribution in [0.3, 0.4) is 0 Å². The van der Waals surface area contributed by atoms with Crippen molar-refractivity contribution < 1.29 is 4.79 Å². The average Bonchev–Trinajstić information content (AvgIpc) is 2.19. The first-order valence-electron chi connectivity index (χ1n) is 5.98. The molecule has 0 radical (unpaired) electrons. The lowest BCUT2D eigenvalue weighted by Crippen LogP contribution is -2.32. The van der Waals surface area contributed by atoms with Crippen molar-refractivity contribution in [2.75, 3.05) is 0 Å². The van der Waals surface area contributed by atoms with Gasteiger partial charge in [0.15, 0.2) is 0 Å². The Labute approximate surface area is 92.3 Å². The largest absolute Gasteiger partial charge is 0.273 e. The van der Waals surface area contributed by atoms with Gasteiger partial charge in [0.1, 0.15) is 0 Å². The van der Waals surface area contributed by atoms with Gasteiger partial charge in [0.2, 0.25) is 5.91 Å². The summed E-state index contributed by atoms with van der Waals surface area (Å²) in [6, 6.07) is 0. The highest BCUT2D eigenvalue weighted by Crippen LogP contribution is 2.19. The quantitative estimate of drug-likeness (QED) is 0.744. The zero-order chi connectivity index (χ0) is 11.3. The summed E-state index contributed by atoms with van der Waals surface area (Å²) in [7, 11) is 0. The number of nitrogens with zero attached hydrogens (tertiary/aromatic N) is 1. The van der Waals surface area contributed by atoms with Crippen LogP contribution >= 0.6 is 0 Å². The lowest BCUT2D eigenvalue weighted by molar-refractivity contribution is -0.121. The maximum absolute atomic E-state index is 11.1. The van der Waals surface area contributed by atoms with Crippen LogP contribution in [0.5, 0.6) is 0 Å². The van der Waals surface area contributed by atoms with Gasteiger partial charge >= 0.3 is 0 Å². The summed E-state index contributed by atoms with van der Waals surface area (Å²) in [5, 5.41) is 4.16. The predicted molar refractivity (Wildman–Crippen MR) is 62.7 cm³/mol. The van der Waals surface area contributed by atoms with E-state index < -0.39 is 0 Å². The fourth-order valence-electron chi connectivity index (χ4n) is 1.94. The van der Waals surface area contributed by atoms with E-state index in [9.17, 15) is 4.79 Å². The molecule has 1 N–H and O–H groups in total. The summed E-state index contributed by atoms with van der Waals surface area (Å²) in [4.78, 5) is 11.1. The van der Waals surface area contributed by atoms with E-state index in [2.05, 4.69) is 31.3 Å². The standard InChI is InChI=1S/C12H22N2O/c1-4-5-6-9(2)7-11-10(3)8-12(15)14-13-11/h9-10H,4-8H2,1-3H3,(H,14,15). The molecule has 0 spiro atoms. The van der Waals surface area contributed by atoms with Gasteiger partial charge in [-0.15, -0.1) is 0 Å². The van der Waals surface area contributed by atoms with Gasteiger partial charge in [0.05, 0.1) is 0 Å². The summed E-state index contributed by atoms with van der Waals surface area (Å²) >= 11 is 0. The fraction of sp³-hybridized carbons (Fsp3) is 0.833. The molecule has 1 amide bonds. The van der Waals surface area contributed by atoms with Gasteiger partial charge < -0.3 is 0 Å². The summed E-state index contributed by atoms with van der Waals surface area (Å²) in [6.45, 7) is 6.57. The molecule has 15 heavy (non-hydrogen) atoms. The SMILES string of the molecule is CCCCC(C)CC1=NNC(=O)CC1C. The molecule has 3 heteroatoms. The minimum atomic E-state index is 0.0486. The van der Waals surface area contributed by atoms with Crippen molar-refractivity contribution in [3.63, 3.8) is 0 Å². The predicted octanol–water partition coefficient (Wildman–Crippen LogP) is 2.71. The summed E-state index contributed by atoms with van der Waals surface area (Å²) < 4.78 is 0. The zero-order valence-corrected chi connectivity index (χ0v) is 10.0. The monoisotopic (exact) mass is 210 g/mol. The second-order valence-electron chi connectivity index (χ2n) is 4.69. The van der Waals surface area contributed by atoms with Crippen molar-refractivity contribution in [3.05, 3.63) is 0 Å². The van der Waals surface area contributed by atoms with Crippen molar-refractivity contribution in [2.45, 2.75) is 52.9 Å². The Kier molecular flexibility index (Phi) is 4.79. The number of amides is 1. The summed E-state index contributed by atoms with van der Waals surface area (Å²) in [6.07, 6.45) is 5.43. The fourth-order valence-corrected chi connectivity index (χ4v) is 1.94. The Bertz CT molecular complexity index is 248. The van der Waals surface area contributed by atoms with Crippen LogP contribution in [0.4, 0.5) is 0 Å². The Morgan fingerprint density at radius 1 is 1.60 bits per heavy atom. The molecule has 2 unspecified atom stereocenters. The van der Waals surface area contributed by atoms with Gasteiger partial charge in [-0.3, -0.25) is 4.79 Å². The van der Waals surface area contributed by atoms with Gasteiger partial charge in [-0.1, -0.05) is 40.0 Å². The minimum Gasteiger partial charge on any atom is -0.273 e. The Morgan fingerprint density at radius 2 is 2.33 bits per heavy atom. The van der Waals surface area contributed by atoms with Crippen LogP contribution in [-0.4, -0.2) is 11.6 Å². The highest BCUT2D eigenvalue weighted by Gasteiger charge is 2.21. The van der Waals surface area contributed by atoms with Crippen molar-refractivity contribution in [3.8, 4) is 0 Å². The normalized spacial score (nSPS) is 23.3.